The number of anilines is 1. The number of hydrogen-bond acceptors (Lipinski definition) is 5. The van der Waals surface area contributed by atoms with Crippen LogP contribution in [0.4, 0.5) is 5.69 Å². The highest BCUT2D eigenvalue weighted by molar-refractivity contribution is 5.95. The molecule has 1 aromatic rings. The first-order valence-electron chi connectivity index (χ1n) is 5.75. The van der Waals surface area contributed by atoms with Crippen molar-refractivity contribution in [1.82, 2.24) is 0 Å². The van der Waals surface area contributed by atoms with Crippen molar-refractivity contribution in [1.29, 1.82) is 5.26 Å². The normalized spacial score (nSPS) is 11.1. The molecule has 0 unspecified atom stereocenters. The fourth-order valence-corrected chi connectivity index (χ4v) is 1.55. The van der Waals surface area contributed by atoms with Gasteiger partial charge in [-0.05, 0) is 12.1 Å². The first-order chi connectivity index (χ1) is 9.51. The van der Waals surface area contributed by atoms with Gasteiger partial charge in [-0.15, -0.1) is 0 Å². The molecule has 1 amide bonds. The van der Waals surface area contributed by atoms with Crippen LogP contribution < -0.4 is 4.90 Å². The summed E-state index contributed by atoms with van der Waals surface area (Å²) in [5, 5.41) is 18.7. The number of esters is 1. The fourth-order valence-electron chi connectivity index (χ4n) is 1.55. The molecule has 6 heteroatoms. The lowest BCUT2D eigenvalue weighted by Crippen LogP contribution is -2.31. The molecule has 0 aliphatic heterocycles. The zero-order valence-corrected chi connectivity index (χ0v) is 11.2. The van der Waals surface area contributed by atoms with Crippen LogP contribution in [0.5, 0.6) is 0 Å². The first kappa shape index (κ1) is 15.2. The lowest BCUT2D eigenvalue weighted by atomic mass is 10.2. The number of hydrogen-bond donors (Lipinski definition) is 1. The molecule has 0 aliphatic carbocycles. The molecule has 0 saturated heterocycles. The predicted octanol–water partition coefficient (Wildman–Crippen LogP) is 1.55. The molecular weight excluding hydrogens is 260 g/mol. The third-order valence-corrected chi connectivity index (χ3v) is 2.55. The summed E-state index contributed by atoms with van der Waals surface area (Å²) in [5.41, 5.74) is 0.0309. The third kappa shape index (κ3) is 3.59. The summed E-state index contributed by atoms with van der Waals surface area (Å²) in [6.45, 7) is 1.04. The van der Waals surface area contributed by atoms with Gasteiger partial charge in [0.1, 0.15) is 11.8 Å². The second-order valence-corrected chi connectivity index (χ2v) is 3.87. The molecule has 1 aromatic carbocycles. The first-order valence-corrected chi connectivity index (χ1v) is 5.75. The van der Waals surface area contributed by atoms with Crippen molar-refractivity contribution in [2.24, 2.45) is 0 Å². The zero-order chi connectivity index (χ0) is 15.1. The largest absolute Gasteiger partial charge is 0.509 e. The van der Waals surface area contributed by atoms with Gasteiger partial charge in [-0.1, -0.05) is 18.2 Å². The number of carbonyl (C=O) groups excluding carboxylic acids is 2. The van der Waals surface area contributed by atoms with Crippen LogP contribution in [-0.2, 0) is 14.3 Å². The van der Waals surface area contributed by atoms with E-state index in [1.807, 2.05) is 0 Å². The molecule has 20 heavy (non-hydrogen) atoms. The maximum Gasteiger partial charge on any atom is 0.352 e. The van der Waals surface area contributed by atoms with Crippen LogP contribution in [0, 0.1) is 11.3 Å². The number of aliphatic hydroxyl groups is 1. The molecule has 0 spiro atoms. The van der Waals surface area contributed by atoms with Crippen molar-refractivity contribution in [3.05, 3.63) is 41.7 Å². The minimum absolute atomic E-state index is 0.280. The smallest absolute Gasteiger partial charge is 0.352 e. The predicted molar refractivity (Wildman–Crippen MR) is 71.8 cm³/mol. The summed E-state index contributed by atoms with van der Waals surface area (Å²) in [7, 11) is 1.10. The lowest BCUT2D eigenvalue weighted by Gasteiger charge is -2.20. The quantitative estimate of drug-likeness (QED) is 0.389. The molecule has 0 aromatic heterocycles. The van der Waals surface area contributed by atoms with Gasteiger partial charge in [0.15, 0.2) is 5.57 Å². The Balaban J connectivity index is 3.09. The molecule has 6 nitrogen and oxygen atoms in total. The lowest BCUT2D eigenvalue weighted by molar-refractivity contribution is -0.135. The molecule has 0 atom stereocenters. The van der Waals surface area contributed by atoms with Gasteiger partial charge < -0.3 is 14.7 Å². The van der Waals surface area contributed by atoms with Crippen LogP contribution in [0.1, 0.15) is 6.92 Å². The highest BCUT2D eigenvalue weighted by atomic mass is 16.5. The molecule has 0 saturated carbocycles. The van der Waals surface area contributed by atoms with Crippen molar-refractivity contribution in [2.45, 2.75) is 6.92 Å². The van der Waals surface area contributed by atoms with Gasteiger partial charge in [0.05, 0.1) is 13.7 Å². The van der Waals surface area contributed by atoms with Crippen molar-refractivity contribution < 1.29 is 19.4 Å². The summed E-state index contributed by atoms with van der Waals surface area (Å²) < 4.78 is 4.39. The van der Waals surface area contributed by atoms with Gasteiger partial charge in [-0.25, -0.2) is 4.79 Å². The Hall–Kier alpha value is -2.81. The molecule has 0 fully saturated rings. The van der Waals surface area contributed by atoms with E-state index in [-0.39, 0.29) is 12.5 Å². The molecule has 0 aliphatic rings. The molecule has 1 N–H and O–H groups in total. The Morgan fingerprint density at radius 1 is 1.35 bits per heavy atom. The van der Waals surface area contributed by atoms with Gasteiger partial charge in [0, 0.05) is 12.6 Å². The number of ether oxygens (including phenoxy) is 1. The van der Waals surface area contributed by atoms with Crippen LogP contribution in [0.15, 0.2) is 41.7 Å². The summed E-state index contributed by atoms with van der Waals surface area (Å²) >= 11 is 0. The monoisotopic (exact) mass is 274 g/mol. The minimum atomic E-state index is -0.943. The maximum absolute atomic E-state index is 11.6. The molecule has 0 bridgehead atoms. The zero-order valence-electron chi connectivity index (χ0n) is 11.2. The Kier molecular flexibility index (Phi) is 5.30. The fraction of sp³-hybridized carbons (Fsp3) is 0.214. The molecule has 0 radical (unpaired) electrons. The highest BCUT2D eigenvalue weighted by Crippen LogP contribution is 2.16. The van der Waals surface area contributed by atoms with Crippen molar-refractivity contribution in [3.63, 3.8) is 0 Å². The molecule has 1 rings (SSSR count). The van der Waals surface area contributed by atoms with Crippen molar-refractivity contribution in [2.75, 3.05) is 18.6 Å². The number of nitrogens with zero attached hydrogens (tertiary/aromatic N) is 2. The number of para-hydroxylation sites is 1. The van der Waals surface area contributed by atoms with E-state index in [1.165, 1.54) is 11.8 Å². The van der Waals surface area contributed by atoms with Crippen LogP contribution >= 0.6 is 0 Å². The van der Waals surface area contributed by atoms with Gasteiger partial charge in [0.2, 0.25) is 5.91 Å². The average Bonchev–Trinajstić information content (AvgIpc) is 2.45. The number of benzene rings is 1. The van der Waals surface area contributed by atoms with E-state index in [1.54, 1.807) is 36.4 Å². The number of carbonyl (C=O) groups is 2. The van der Waals surface area contributed by atoms with E-state index in [2.05, 4.69) is 4.74 Å². The minimum Gasteiger partial charge on any atom is -0.509 e. The van der Waals surface area contributed by atoms with Gasteiger partial charge >= 0.3 is 5.97 Å². The van der Waals surface area contributed by atoms with Crippen molar-refractivity contribution >= 4 is 17.6 Å². The van der Waals surface area contributed by atoms with Gasteiger partial charge in [-0.2, -0.15) is 5.26 Å². The Bertz CT molecular complexity index is 573. The molecule has 104 valence electrons. The maximum atomic E-state index is 11.6. The van der Waals surface area contributed by atoms with Crippen LogP contribution in [0.25, 0.3) is 0 Å². The summed E-state index contributed by atoms with van der Waals surface area (Å²) in [4.78, 5) is 24.2. The highest BCUT2D eigenvalue weighted by Gasteiger charge is 2.20. The molecule has 0 heterocycles. The Morgan fingerprint density at radius 2 is 1.95 bits per heavy atom. The number of methoxy groups -OCH3 is 1. The number of aliphatic hydroxyl groups excluding tert-OH is 1. The van der Waals surface area contributed by atoms with Crippen molar-refractivity contribution in [3.8, 4) is 6.07 Å². The SMILES string of the molecule is COC(=O)/C(C#N)=C(\O)CN(C(C)=O)c1ccccc1. The van der Waals surface area contributed by atoms with Gasteiger partial charge in [-0.3, -0.25) is 4.79 Å². The number of rotatable bonds is 4. The van der Waals surface area contributed by atoms with Crippen LogP contribution in [0.3, 0.4) is 0 Å². The Labute approximate surface area is 116 Å². The second kappa shape index (κ2) is 6.95. The second-order valence-electron chi connectivity index (χ2n) is 3.87. The standard InChI is InChI=1S/C14H14N2O4/c1-10(17)16(11-6-4-3-5-7-11)9-13(18)12(8-15)14(19)20-2/h3-7,18H,9H2,1-2H3/b13-12-. The third-order valence-electron chi connectivity index (χ3n) is 2.55. The van der Waals surface area contributed by atoms with E-state index in [0.29, 0.717) is 5.69 Å². The number of amides is 1. The summed E-state index contributed by atoms with van der Waals surface area (Å²) in [6, 6.07) is 10.2. The average molecular weight is 274 g/mol. The molecular formula is C14H14N2O4. The number of nitriles is 1. The summed E-state index contributed by atoms with van der Waals surface area (Å²) in [6.07, 6.45) is 0. The van der Waals surface area contributed by atoms with E-state index in [0.717, 1.165) is 7.11 Å². The van der Waals surface area contributed by atoms with E-state index in [9.17, 15) is 14.7 Å². The Morgan fingerprint density at radius 3 is 2.40 bits per heavy atom. The van der Waals surface area contributed by atoms with Gasteiger partial charge in [0.25, 0.3) is 0 Å². The van der Waals surface area contributed by atoms with Crippen LogP contribution in [0.2, 0.25) is 0 Å². The topological polar surface area (TPSA) is 90.6 Å². The van der Waals surface area contributed by atoms with Crippen LogP contribution in [-0.4, -0.2) is 30.6 Å². The van der Waals surface area contributed by atoms with E-state index < -0.39 is 17.3 Å². The van der Waals surface area contributed by atoms with E-state index in [4.69, 9.17) is 5.26 Å². The summed E-state index contributed by atoms with van der Waals surface area (Å²) in [5.74, 6) is -1.79. The van der Waals surface area contributed by atoms with E-state index >= 15 is 0 Å².